The molecule has 5 nitrogen and oxygen atoms in total. The second kappa shape index (κ2) is 8.56. The van der Waals surface area contributed by atoms with E-state index >= 15 is 0 Å². The number of carbonyl (C=O) groups is 1. The van der Waals surface area contributed by atoms with E-state index < -0.39 is 0 Å². The largest absolute Gasteiger partial charge is 0.497 e. The molecular weight excluding hydrogens is 316 g/mol. The third kappa shape index (κ3) is 4.46. The number of nitrogens with one attached hydrogen (secondary N) is 1. The monoisotopic (exact) mass is 346 g/mol. The van der Waals surface area contributed by atoms with E-state index in [1.54, 1.807) is 7.11 Å². The van der Waals surface area contributed by atoms with Crippen LogP contribution in [0.4, 0.5) is 4.79 Å². The number of amides is 2. The quantitative estimate of drug-likeness (QED) is 0.861. The molecule has 0 aromatic heterocycles. The van der Waals surface area contributed by atoms with Gasteiger partial charge in [-0.15, -0.1) is 0 Å². The number of ether oxygens (including phenoxy) is 2. The molecule has 1 aromatic carbocycles. The Bertz CT molecular complexity index is 590. The highest BCUT2D eigenvalue weighted by Crippen LogP contribution is 2.33. The molecule has 138 valence electrons. The topological polar surface area (TPSA) is 50.8 Å². The number of aryl methyl sites for hydroxylation is 1. The summed E-state index contributed by atoms with van der Waals surface area (Å²) in [5.74, 6) is 1.80. The molecule has 0 spiro atoms. The molecule has 2 atom stereocenters. The Labute approximate surface area is 150 Å². The normalized spacial score (nSPS) is 22.6. The average molecular weight is 346 g/mol. The van der Waals surface area contributed by atoms with Crippen LogP contribution < -0.4 is 10.1 Å². The zero-order valence-corrected chi connectivity index (χ0v) is 15.4. The van der Waals surface area contributed by atoms with Crippen molar-refractivity contribution in [2.45, 2.75) is 38.5 Å². The van der Waals surface area contributed by atoms with Gasteiger partial charge in [0.15, 0.2) is 0 Å². The van der Waals surface area contributed by atoms with E-state index in [1.165, 1.54) is 17.5 Å². The summed E-state index contributed by atoms with van der Waals surface area (Å²) in [4.78, 5) is 14.4. The second-order valence-corrected chi connectivity index (χ2v) is 7.10. The molecule has 2 amide bonds. The molecule has 0 saturated carbocycles. The summed E-state index contributed by atoms with van der Waals surface area (Å²) in [6.07, 6.45) is 4.44. The van der Waals surface area contributed by atoms with Crippen molar-refractivity contribution in [2.24, 2.45) is 5.92 Å². The Hall–Kier alpha value is -1.75. The number of hydrogen-bond donors (Lipinski definition) is 1. The zero-order chi connectivity index (χ0) is 17.6. The molecule has 1 fully saturated rings. The lowest BCUT2D eigenvalue weighted by atomic mass is 9.82. The molecule has 5 heteroatoms. The fourth-order valence-corrected chi connectivity index (χ4v) is 3.99. The molecule has 1 heterocycles. The highest BCUT2D eigenvalue weighted by Gasteiger charge is 2.27. The molecule has 1 saturated heterocycles. The zero-order valence-electron chi connectivity index (χ0n) is 15.4. The Morgan fingerprint density at radius 2 is 2.24 bits per heavy atom. The van der Waals surface area contributed by atoms with Gasteiger partial charge in [0, 0.05) is 38.1 Å². The lowest BCUT2D eigenvalue weighted by Gasteiger charge is -2.27. The summed E-state index contributed by atoms with van der Waals surface area (Å²) >= 11 is 0. The van der Waals surface area contributed by atoms with Crippen LogP contribution in [0, 0.1) is 5.92 Å². The standard InChI is InChI=1S/C20H30N2O3/c1-3-25-14-15-9-10-22(13-15)20(23)21-12-17-6-4-5-16-11-18(24-2)7-8-19(16)17/h7-8,11,15,17H,3-6,9-10,12-14H2,1-2H3,(H,21,23)/t15-,17-/m0/s1. The van der Waals surface area contributed by atoms with Crippen molar-refractivity contribution in [2.75, 3.05) is 40.0 Å². The van der Waals surface area contributed by atoms with Gasteiger partial charge in [0.05, 0.1) is 13.7 Å². The minimum atomic E-state index is 0.0691. The van der Waals surface area contributed by atoms with Crippen LogP contribution in [0.15, 0.2) is 18.2 Å². The third-order valence-electron chi connectivity index (χ3n) is 5.42. The first-order valence-electron chi connectivity index (χ1n) is 9.48. The molecule has 1 aromatic rings. The van der Waals surface area contributed by atoms with E-state index in [2.05, 4.69) is 17.4 Å². The highest BCUT2D eigenvalue weighted by atomic mass is 16.5. The number of hydrogen-bond acceptors (Lipinski definition) is 3. The van der Waals surface area contributed by atoms with E-state index in [0.29, 0.717) is 18.4 Å². The van der Waals surface area contributed by atoms with Crippen LogP contribution in [0.1, 0.15) is 43.2 Å². The highest BCUT2D eigenvalue weighted by molar-refractivity contribution is 5.74. The van der Waals surface area contributed by atoms with Gasteiger partial charge in [-0.05, 0) is 55.9 Å². The minimum absolute atomic E-state index is 0.0691. The van der Waals surface area contributed by atoms with Crippen molar-refractivity contribution in [3.8, 4) is 5.75 Å². The first-order chi connectivity index (χ1) is 12.2. The number of carbonyl (C=O) groups excluding carboxylic acids is 1. The lowest BCUT2D eigenvalue weighted by molar-refractivity contribution is 0.113. The first-order valence-corrected chi connectivity index (χ1v) is 9.48. The minimum Gasteiger partial charge on any atom is -0.497 e. The maximum atomic E-state index is 12.5. The second-order valence-electron chi connectivity index (χ2n) is 7.10. The number of rotatable bonds is 6. The number of methoxy groups -OCH3 is 1. The van der Waals surface area contributed by atoms with Crippen LogP contribution in [-0.4, -0.2) is 50.9 Å². The van der Waals surface area contributed by atoms with E-state index in [9.17, 15) is 4.79 Å². The van der Waals surface area contributed by atoms with Gasteiger partial charge in [-0.2, -0.15) is 0 Å². The molecule has 3 rings (SSSR count). The summed E-state index contributed by atoms with van der Waals surface area (Å²) in [6.45, 7) is 5.88. The molecule has 1 aliphatic heterocycles. The number of benzene rings is 1. The molecule has 1 aliphatic carbocycles. The van der Waals surface area contributed by atoms with Crippen LogP contribution in [0.2, 0.25) is 0 Å². The first kappa shape index (κ1) is 18.1. The van der Waals surface area contributed by atoms with Gasteiger partial charge in [0.2, 0.25) is 0 Å². The van der Waals surface area contributed by atoms with E-state index in [4.69, 9.17) is 9.47 Å². The van der Waals surface area contributed by atoms with Crippen LogP contribution in [-0.2, 0) is 11.2 Å². The van der Waals surface area contributed by atoms with Gasteiger partial charge < -0.3 is 19.7 Å². The van der Waals surface area contributed by atoms with Crippen molar-refractivity contribution in [3.05, 3.63) is 29.3 Å². The Morgan fingerprint density at radius 3 is 3.04 bits per heavy atom. The molecule has 2 aliphatic rings. The summed E-state index contributed by atoms with van der Waals surface area (Å²) < 4.78 is 10.8. The Kier molecular flexibility index (Phi) is 6.19. The SMILES string of the molecule is CCOC[C@H]1CCN(C(=O)NC[C@@H]2CCCc3cc(OC)ccc32)C1. The van der Waals surface area contributed by atoms with Crippen molar-refractivity contribution in [1.82, 2.24) is 10.2 Å². The summed E-state index contributed by atoms with van der Waals surface area (Å²) in [7, 11) is 1.71. The molecule has 25 heavy (non-hydrogen) atoms. The van der Waals surface area contributed by atoms with Gasteiger partial charge >= 0.3 is 6.03 Å². The van der Waals surface area contributed by atoms with E-state index in [0.717, 1.165) is 51.3 Å². The van der Waals surface area contributed by atoms with Gasteiger partial charge in [-0.25, -0.2) is 4.79 Å². The number of likely N-dealkylation sites (tertiary alicyclic amines) is 1. The maximum Gasteiger partial charge on any atom is 0.317 e. The summed E-state index contributed by atoms with van der Waals surface area (Å²) in [6, 6.07) is 6.40. The Balaban J connectivity index is 1.52. The smallest absolute Gasteiger partial charge is 0.317 e. The lowest BCUT2D eigenvalue weighted by Crippen LogP contribution is -2.40. The van der Waals surface area contributed by atoms with Gasteiger partial charge in [-0.1, -0.05) is 6.07 Å². The predicted octanol–water partition coefficient (Wildman–Crippen LogP) is 3.18. The maximum absolute atomic E-state index is 12.5. The third-order valence-corrected chi connectivity index (χ3v) is 5.42. The fraction of sp³-hybridized carbons (Fsp3) is 0.650. The van der Waals surface area contributed by atoms with Crippen molar-refractivity contribution < 1.29 is 14.3 Å². The van der Waals surface area contributed by atoms with Gasteiger partial charge in [0.1, 0.15) is 5.75 Å². The fourth-order valence-electron chi connectivity index (χ4n) is 3.99. The van der Waals surface area contributed by atoms with Crippen molar-refractivity contribution in [3.63, 3.8) is 0 Å². The summed E-state index contributed by atoms with van der Waals surface area (Å²) in [5, 5.41) is 3.16. The average Bonchev–Trinajstić information content (AvgIpc) is 3.12. The van der Waals surface area contributed by atoms with E-state index in [1.807, 2.05) is 17.9 Å². The number of nitrogens with zero attached hydrogens (tertiary/aromatic N) is 1. The van der Waals surface area contributed by atoms with Crippen LogP contribution >= 0.6 is 0 Å². The van der Waals surface area contributed by atoms with Crippen LogP contribution in [0.3, 0.4) is 0 Å². The van der Waals surface area contributed by atoms with Crippen LogP contribution in [0.25, 0.3) is 0 Å². The molecule has 0 radical (unpaired) electrons. The number of fused-ring (bicyclic) bond motifs is 1. The molecular formula is C20H30N2O3. The molecule has 0 unspecified atom stereocenters. The predicted molar refractivity (Wildman–Crippen MR) is 98.2 cm³/mol. The van der Waals surface area contributed by atoms with Gasteiger partial charge in [0.25, 0.3) is 0 Å². The van der Waals surface area contributed by atoms with Crippen LogP contribution in [0.5, 0.6) is 5.75 Å². The molecule has 0 bridgehead atoms. The van der Waals surface area contributed by atoms with E-state index in [-0.39, 0.29) is 6.03 Å². The van der Waals surface area contributed by atoms with Gasteiger partial charge in [-0.3, -0.25) is 0 Å². The molecule has 1 N–H and O–H groups in total. The summed E-state index contributed by atoms with van der Waals surface area (Å²) in [5.41, 5.74) is 2.73. The van der Waals surface area contributed by atoms with Crippen molar-refractivity contribution in [1.29, 1.82) is 0 Å². The Morgan fingerprint density at radius 1 is 1.36 bits per heavy atom. The number of urea groups is 1. The van der Waals surface area contributed by atoms with Crippen molar-refractivity contribution >= 4 is 6.03 Å².